The van der Waals surface area contributed by atoms with E-state index in [1.807, 2.05) is 13.8 Å². The number of β-amino-alcohol motifs (C(OH)–C–C–N with tert-alkyl or cyclic N) is 1. The Morgan fingerprint density at radius 1 is 1.13 bits per heavy atom. The molecular formula is C25H32N8O5S. The normalized spacial score (nSPS) is 20.1. The second-order valence-electron chi connectivity index (χ2n) is 10.1. The van der Waals surface area contributed by atoms with Crippen LogP contribution >= 0.6 is 0 Å². The van der Waals surface area contributed by atoms with E-state index < -0.39 is 10.0 Å². The molecule has 5 heterocycles. The highest BCUT2D eigenvalue weighted by molar-refractivity contribution is 7.89. The van der Waals surface area contributed by atoms with Crippen LogP contribution in [0.25, 0.3) is 28.2 Å². The van der Waals surface area contributed by atoms with Crippen molar-refractivity contribution in [2.24, 2.45) is 0 Å². The van der Waals surface area contributed by atoms with Gasteiger partial charge in [0.05, 0.1) is 23.7 Å². The summed E-state index contributed by atoms with van der Waals surface area (Å²) in [5.74, 6) is 0.874. The molecule has 14 heteroatoms. The summed E-state index contributed by atoms with van der Waals surface area (Å²) >= 11 is 0. The van der Waals surface area contributed by atoms with Gasteiger partial charge >= 0.3 is 5.69 Å². The van der Waals surface area contributed by atoms with Gasteiger partial charge in [-0.2, -0.15) is 4.31 Å². The lowest BCUT2D eigenvalue weighted by molar-refractivity contribution is 0.145. The Bertz CT molecular complexity index is 1690. The van der Waals surface area contributed by atoms with E-state index in [-0.39, 0.29) is 29.3 Å². The zero-order valence-corrected chi connectivity index (χ0v) is 22.8. The van der Waals surface area contributed by atoms with Crippen molar-refractivity contribution in [2.45, 2.75) is 56.6 Å². The monoisotopic (exact) mass is 556 g/mol. The number of aliphatic hydroxyl groups is 1. The highest BCUT2D eigenvalue weighted by Crippen LogP contribution is 2.38. The van der Waals surface area contributed by atoms with E-state index in [0.717, 1.165) is 19.3 Å². The predicted molar refractivity (Wildman–Crippen MR) is 143 cm³/mol. The number of likely N-dealkylation sites (tertiary alicyclic amines) is 1. The number of nitrogens with zero attached hydrogens (tertiary/aromatic N) is 7. The number of ether oxygens (including phenoxy) is 1. The molecule has 208 valence electrons. The Morgan fingerprint density at radius 2 is 1.97 bits per heavy atom. The first-order valence-electron chi connectivity index (χ1n) is 13.3. The molecule has 2 fully saturated rings. The van der Waals surface area contributed by atoms with Gasteiger partial charge in [-0.3, -0.25) is 9.47 Å². The summed E-state index contributed by atoms with van der Waals surface area (Å²) in [5.41, 5.74) is 1.50. The molecule has 0 unspecified atom stereocenters. The van der Waals surface area contributed by atoms with Crippen LogP contribution in [-0.2, 0) is 16.6 Å². The van der Waals surface area contributed by atoms with Crippen LogP contribution in [-0.4, -0.2) is 96.8 Å². The maximum Gasteiger partial charge on any atom is 0.336 e. The van der Waals surface area contributed by atoms with E-state index in [1.54, 1.807) is 27.1 Å². The molecule has 2 aliphatic heterocycles. The van der Waals surface area contributed by atoms with E-state index in [0.29, 0.717) is 66.7 Å². The molecule has 4 aromatic rings. The van der Waals surface area contributed by atoms with Crippen LogP contribution < -0.4 is 10.4 Å². The molecule has 2 N–H and O–H groups in total. The first-order chi connectivity index (χ1) is 18.9. The first-order valence-corrected chi connectivity index (χ1v) is 14.8. The summed E-state index contributed by atoms with van der Waals surface area (Å²) in [6, 6.07) is 4.83. The van der Waals surface area contributed by atoms with Crippen LogP contribution in [0.3, 0.4) is 0 Å². The highest BCUT2D eigenvalue weighted by Gasteiger charge is 2.48. The maximum atomic E-state index is 13.8. The van der Waals surface area contributed by atoms with Gasteiger partial charge in [-0.05, 0) is 37.5 Å². The molecule has 3 aromatic heterocycles. The molecule has 6 rings (SSSR count). The lowest BCUT2D eigenvalue weighted by Gasteiger charge is -2.33. The van der Waals surface area contributed by atoms with Crippen LogP contribution in [0.1, 0.15) is 33.1 Å². The van der Waals surface area contributed by atoms with Crippen LogP contribution in [0, 0.1) is 0 Å². The molecule has 2 bridgehead atoms. The highest BCUT2D eigenvalue weighted by atomic mass is 32.2. The molecule has 2 atom stereocenters. The van der Waals surface area contributed by atoms with E-state index >= 15 is 0 Å². The number of nitrogens with one attached hydrogen (secondary N) is 1. The molecule has 0 spiro atoms. The van der Waals surface area contributed by atoms with Crippen molar-refractivity contribution in [3.8, 4) is 17.1 Å². The molecule has 0 radical (unpaired) electrons. The molecule has 13 nitrogen and oxygen atoms in total. The fourth-order valence-corrected chi connectivity index (χ4v) is 7.46. The van der Waals surface area contributed by atoms with Crippen molar-refractivity contribution in [3.05, 3.63) is 35.0 Å². The van der Waals surface area contributed by atoms with Gasteiger partial charge in [-0.15, -0.1) is 10.2 Å². The number of H-pyrrole nitrogens is 1. The fraction of sp³-hybridized carbons (Fsp3) is 0.520. The number of imidazole rings is 1. The Hall–Kier alpha value is -3.33. The SMILES string of the molecule is CCCOc1ccc(S(=O)(=O)N2C[C@@H]3C[C@H]2CN3CCO)cc1-c1nc2c([nH]1)c1nncn1c(=O)n2CCC. The zero-order valence-electron chi connectivity index (χ0n) is 21.9. The number of piperazine rings is 1. The summed E-state index contributed by atoms with van der Waals surface area (Å²) in [7, 11) is -3.79. The standard InChI is InChI=1S/C25H32N8O5S/c1-3-7-31-23-21(24-29-26-15-32(24)25(31)35)27-22(28-23)19-12-18(5-6-20(19)38-10-4-2)39(36,37)33-14-16-11-17(33)13-30(16)8-9-34/h5-6,12,15-17,34H,3-4,7-11,13-14H2,1-2H3,(H,27,28)/t16-,17-/m0/s1. The average Bonchev–Trinajstić information content (AvgIpc) is 3.73. The average molecular weight is 557 g/mol. The van der Waals surface area contributed by atoms with E-state index in [1.165, 1.54) is 10.7 Å². The van der Waals surface area contributed by atoms with Crippen molar-refractivity contribution in [1.82, 2.24) is 38.3 Å². The lowest BCUT2D eigenvalue weighted by atomic mass is 10.2. The molecule has 0 saturated carbocycles. The van der Waals surface area contributed by atoms with Gasteiger partial charge in [0, 0.05) is 38.3 Å². The van der Waals surface area contributed by atoms with E-state index in [4.69, 9.17) is 9.72 Å². The number of fused-ring (bicyclic) bond motifs is 5. The van der Waals surface area contributed by atoms with Crippen LogP contribution in [0.4, 0.5) is 0 Å². The summed E-state index contributed by atoms with van der Waals surface area (Å²) < 4.78 is 38.1. The molecule has 39 heavy (non-hydrogen) atoms. The van der Waals surface area contributed by atoms with Crippen LogP contribution in [0.5, 0.6) is 5.75 Å². The quantitative estimate of drug-likeness (QED) is 0.292. The van der Waals surface area contributed by atoms with Gasteiger partial charge < -0.3 is 14.8 Å². The number of sulfonamides is 1. The van der Waals surface area contributed by atoms with Gasteiger partial charge in [0.1, 0.15) is 23.4 Å². The van der Waals surface area contributed by atoms with Gasteiger partial charge in [0.25, 0.3) is 0 Å². The summed E-state index contributed by atoms with van der Waals surface area (Å²) in [5, 5.41) is 17.3. The third-order valence-electron chi connectivity index (χ3n) is 7.56. The lowest BCUT2D eigenvalue weighted by Crippen LogP contribution is -2.49. The number of aromatic amines is 1. The van der Waals surface area contributed by atoms with Crippen molar-refractivity contribution >= 4 is 26.8 Å². The molecule has 2 aliphatic rings. The largest absolute Gasteiger partial charge is 0.493 e. The number of aryl methyl sites for hydroxylation is 1. The Labute approximate surface area is 225 Å². The van der Waals surface area contributed by atoms with Crippen molar-refractivity contribution in [3.63, 3.8) is 0 Å². The molecule has 0 amide bonds. The summed E-state index contributed by atoms with van der Waals surface area (Å²) in [6.07, 6.45) is 3.63. The summed E-state index contributed by atoms with van der Waals surface area (Å²) in [4.78, 5) is 23.4. The Kier molecular flexibility index (Phi) is 6.65. The minimum Gasteiger partial charge on any atom is -0.493 e. The number of aliphatic hydroxyl groups excluding tert-OH is 1. The van der Waals surface area contributed by atoms with Crippen molar-refractivity contribution in [2.75, 3.05) is 32.8 Å². The number of hydrogen-bond donors (Lipinski definition) is 2. The molecular weight excluding hydrogens is 524 g/mol. The molecule has 1 aromatic carbocycles. The maximum absolute atomic E-state index is 13.8. The minimum atomic E-state index is -3.79. The smallest absolute Gasteiger partial charge is 0.336 e. The molecule has 2 saturated heterocycles. The van der Waals surface area contributed by atoms with Gasteiger partial charge in [0.15, 0.2) is 11.3 Å². The zero-order chi connectivity index (χ0) is 27.3. The molecule has 0 aliphatic carbocycles. The second-order valence-corrected chi connectivity index (χ2v) is 12.0. The second kappa shape index (κ2) is 10.0. The summed E-state index contributed by atoms with van der Waals surface area (Å²) in [6.45, 7) is 6.49. The topological polar surface area (TPSA) is 151 Å². The third kappa shape index (κ3) is 4.22. The number of benzene rings is 1. The van der Waals surface area contributed by atoms with Crippen molar-refractivity contribution in [1.29, 1.82) is 0 Å². The van der Waals surface area contributed by atoms with E-state index in [2.05, 4.69) is 20.1 Å². The first kappa shape index (κ1) is 25.9. The van der Waals surface area contributed by atoms with Gasteiger partial charge in [0.2, 0.25) is 10.0 Å². The van der Waals surface area contributed by atoms with E-state index in [9.17, 15) is 18.3 Å². The number of hydrogen-bond acceptors (Lipinski definition) is 9. The fourth-order valence-electron chi connectivity index (χ4n) is 5.77. The third-order valence-corrected chi connectivity index (χ3v) is 9.48. The Morgan fingerprint density at radius 3 is 2.69 bits per heavy atom. The van der Waals surface area contributed by atoms with Crippen LogP contribution in [0.15, 0.2) is 34.2 Å². The van der Waals surface area contributed by atoms with Gasteiger partial charge in [-0.1, -0.05) is 13.8 Å². The number of rotatable bonds is 10. The Balaban J connectivity index is 1.45. The van der Waals surface area contributed by atoms with Gasteiger partial charge in [-0.25, -0.2) is 22.6 Å². The van der Waals surface area contributed by atoms with Crippen LogP contribution in [0.2, 0.25) is 0 Å². The minimum absolute atomic E-state index is 0.0588. The van der Waals surface area contributed by atoms with Crippen molar-refractivity contribution < 1.29 is 18.3 Å². The number of aromatic nitrogens is 6. The predicted octanol–water partition coefficient (Wildman–Crippen LogP) is 1.07.